The van der Waals surface area contributed by atoms with Crippen molar-refractivity contribution >= 4 is 0 Å². The Morgan fingerprint density at radius 2 is 1.84 bits per heavy atom. The molecule has 1 fully saturated rings. The quantitative estimate of drug-likeness (QED) is 0.585. The lowest BCUT2D eigenvalue weighted by atomic mass is 9.79. The van der Waals surface area contributed by atoms with E-state index in [4.69, 9.17) is 19.7 Å². The van der Waals surface area contributed by atoms with Crippen molar-refractivity contribution in [3.63, 3.8) is 0 Å². The lowest BCUT2D eigenvalue weighted by Crippen LogP contribution is -2.44. The maximum absolute atomic E-state index is 14.5. The van der Waals surface area contributed by atoms with Crippen LogP contribution in [-0.4, -0.2) is 37.8 Å². The second-order valence-electron chi connectivity index (χ2n) is 9.28. The van der Waals surface area contributed by atoms with Gasteiger partial charge in [0.1, 0.15) is 11.9 Å². The summed E-state index contributed by atoms with van der Waals surface area (Å²) in [6.45, 7) is 8.34. The molecule has 0 radical (unpaired) electrons. The van der Waals surface area contributed by atoms with Crippen LogP contribution in [0.15, 0.2) is 36.8 Å². The fraction of sp³-hybridized carbons (Fsp3) is 0.417. The third kappa shape index (κ3) is 4.21. The van der Waals surface area contributed by atoms with Gasteiger partial charge in [-0.15, -0.1) is 0 Å². The van der Waals surface area contributed by atoms with Gasteiger partial charge in [0.15, 0.2) is 11.5 Å². The fourth-order valence-electron chi connectivity index (χ4n) is 4.63. The summed E-state index contributed by atoms with van der Waals surface area (Å²) in [6.07, 6.45) is 6.61. The number of nitrogens with zero attached hydrogens (tertiary/aromatic N) is 5. The zero-order chi connectivity index (χ0) is 23.1. The van der Waals surface area contributed by atoms with E-state index in [1.165, 1.54) is 19.2 Å². The monoisotopic (exact) mass is 435 g/mol. The molecule has 0 amide bonds. The summed E-state index contributed by atoms with van der Waals surface area (Å²) in [7, 11) is 1.52. The summed E-state index contributed by atoms with van der Waals surface area (Å²) in [4.78, 5) is 13.6. The van der Waals surface area contributed by atoms with Gasteiger partial charge in [-0.05, 0) is 58.7 Å². The lowest BCUT2D eigenvalue weighted by molar-refractivity contribution is -0.162. The maximum Gasteiger partial charge on any atom is 0.243 e. The van der Waals surface area contributed by atoms with Crippen molar-refractivity contribution in [3.8, 4) is 29.2 Å². The highest BCUT2D eigenvalue weighted by molar-refractivity contribution is 5.60. The fourth-order valence-corrected chi connectivity index (χ4v) is 4.63. The second-order valence-corrected chi connectivity index (χ2v) is 9.28. The smallest absolute Gasteiger partial charge is 0.243 e. The summed E-state index contributed by atoms with van der Waals surface area (Å²) in [5, 5.41) is 9.10. The first kappa shape index (κ1) is 21.9. The highest BCUT2D eigenvalue weighted by atomic mass is 19.1. The lowest BCUT2D eigenvalue weighted by Gasteiger charge is -2.45. The minimum atomic E-state index is -0.592. The molecule has 1 aliphatic heterocycles. The van der Waals surface area contributed by atoms with Crippen molar-refractivity contribution in [1.82, 2.24) is 19.5 Å². The number of rotatable bonds is 4. The summed E-state index contributed by atoms with van der Waals surface area (Å²) in [6, 6.07) is 6.34. The van der Waals surface area contributed by atoms with Crippen molar-refractivity contribution < 1.29 is 13.9 Å². The predicted octanol–water partition coefficient (Wildman–Crippen LogP) is 4.80. The van der Waals surface area contributed by atoms with Gasteiger partial charge in [0.2, 0.25) is 5.88 Å². The van der Waals surface area contributed by atoms with Gasteiger partial charge in [0, 0.05) is 24.5 Å². The molecule has 8 heteroatoms. The Morgan fingerprint density at radius 3 is 2.47 bits per heavy atom. The summed E-state index contributed by atoms with van der Waals surface area (Å²) < 4.78 is 27.9. The number of benzene rings is 1. The minimum absolute atomic E-state index is 0.0133. The van der Waals surface area contributed by atoms with Crippen molar-refractivity contribution in [2.45, 2.75) is 57.7 Å². The second kappa shape index (κ2) is 7.99. The molecule has 1 aromatic carbocycles. The number of ether oxygens (including phenoxy) is 2. The highest BCUT2D eigenvalue weighted by Gasteiger charge is 2.41. The van der Waals surface area contributed by atoms with Crippen LogP contribution in [0.4, 0.5) is 4.39 Å². The molecule has 166 valence electrons. The standard InChI is InChI=1S/C24H26FN5O2/c1-23(2)11-16(12-24(3,4)32-23)19-14-30(17-7-6-15(13-26)18(25)10-17)21(29-19)20-22(31-5)28-9-8-27-20/h6-10,14,16H,11-12H2,1-5H3. The average Bonchev–Trinajstić information content (AvgIpc) is 3.17. The summed E-state index contributed by atoms with van der Waals surface area (Å²) >= 11 is 0. The molecule has 0 atom stereocenters. The van der Waals surface area contributed by atoms with E-state index in [2.05, 4.69) is 37.7 Å². The van der Waals surface area contributed by atoms with Crippen LogP contribution in [0.1, 0.15) is 57.7 Å². The number of methoxy groups -OCH3 is 1. The molecule has 7 nitrogen and oxygen atoms in total. The molecule has 32 heavy (non-hydrogen) atoms. The van der Waals surface area contributed by atoms with E-state index in [1.807, 2.05) is 12.3 Å². The van der Waals surface area contributed by atoms with Crippen LogP contribution in [0.25, 0.3) is 17.2 Å². The van der Waals surface area contributed by atoms with E-state index >= 15 is 0 Å². The van der Waals surface area contributed by atoms with Gasteiger partial charge in [-0.2, -0.15) is 5.26 Å². The van der Waals surface area contributed by atoms with Crippen LogP contribution < -0.4 is 4.74 Å². The van der Waals surface area contributed by atoms with Gasteiger partial charge in [-0.3, -0.25) is 4.57 Å². The zero-order valence-corrected chi connectivity index (χ0v) is 18.9. The molecule has 3 heterocycles. The Kier molecular flexibility index (Phi) is 5.47. The molecule has 2 aromatic heterocycles. The molecule has 0 N–H and O–H groups in total. The summed E-state index contributed by atoms with van der Waals surface area (Å²) in [5.41, 5.74) is 1.23. The van der Waals surface area contributed by atoms with Gasteiger partial charge in [0.05, 0.1) is 35.3 Å². The first-order valence-corrected chi connectivity index (χ1v) is 10.5. The van der Waals surface area contributed by atoms with E-state index in [9.17, 15) is 4.39 Å². The van der Waals surface area contributed by atoms with Gasteiger partial charge >= 0.3 is 0 Å². The van der Waals surface area contributed by atoms with Crippen molar-refractivity contribution in [2.24, 2.45) is 0 Å². The number of hydrogen-bond donors (Lipinski definition) is 0. The normalized spacial score (nSPS) is 17.7. The van der Waals surface area contributed by atoms with Crippen LogP contribution in [0.3, 0.4) is 0 Å². The van der Waals surface area contributed by atoms with Crippen molar-refractivity contribution in [3.05, 3.63) is 53.9 Å². The molecule has 1 saturated heterocycles. The molecule has 0 bridgehead atoms. The largest absolute Gasteiger partial charge is 0.479 e. The Hall–Kier alpha value is -3.31. The van der Waals surface area contributed by atoms with Crippen LogP contribution in [0.2, 0.25) is 0 Å². The topological polar surface area (TPSA) is 85.9 Å². The SMILES string of the molecule is COc1nccnc1-c1nc(C2CC(C)(C)OC(C)(C)C2)cn1-c1ccc(C#N)c(F)c1. The van der Waals surface area contributed by atoms with Crippen molar-refractivity contribution in [1.29, 1.82) is 5.26 Å². The van der Waals surface area contributed by atoms with Crippen LogP contribution in [0.5, 0.6) is 5.88 Å². The van der Waals surface area contributed by atoms with E-state index < -0.39 is 5.82 Å². The molecular weight excluding hydrogens is 409 g/mol. The molecule has 0 unspecified atom stereocenters. The van der Waals surface area contributed by atoms with Crippen LogP contribution in [0, 0.1) is 17.1 Å². The number of nitriles is 1. The van der Waals surface area contributed by atoms with Gasteiger partial charge in [-0.25, -0.2) is 19.3 Å². The molecule has 1 aliphatic rings. The minimum Gasteiger partial charge on any atom is -0.479 e. The molecule has 4 rings (SSSR count). The first-order chi connectivity index (χ1) is 15.1. The average molecular weight is 436 g/mol. The molecule has 3 aromatic rings. The summed E-state index contributed by atoms with van der Waals surface area (Å²) in [5.74, 6) is 0.370. The Morgan fingerprint density at radius 1 is 1.16 bits per heavy atom. The van der Waals surface area contributed by atoms with E-state index in [1.54, 1.807) is 23.0 Å². The Labute approximate surface area is 186 Å². The van der Waals surface area contributed by atoms with E-state index in [0.717, 1.165) is 18.5 Å². The molecule has 0 saturated carbocycles. The molecule has 0 aliphatic carbocycles. The third-order valence-corrected chi connectivity index (χ3v) is 5.59. The van der Waals surface area contributed by atoms with E-state index in [0.29, 0.717) is 23.1 Å². The number of halogens is 1. The molecular formula is C24H26FN5O2. The van der Waals surface area contributed by atoms with Gasteiger partial charge in [-0.1, -0.05) is 0 Å². The molecule has 0 spiro atoms. The van der Waals surface area contributed by atoms with Crippen LogP contribution in [-0.2, 0) is 4.74 Å². The van der Waals surface area contributed by atoms with Gasteiger partial charge in [0.25, 0.3) is 0 Å². The highest BCUT2D eigenvalue weighted by Crippen LogP contribution is 2.44. The third-order valence-electron chi connectivity index (χ3n) is 5.59. The maximum atomic E-state index is 14.5. The Bertz CT molecular complexity index is 1180. The number of imidazole rings is 1. The van der Waals surface area contributed by atoms with Gasteiger partial charge < -0.3 is 9.47 Å². The number of aromatic nitrogens is 4. The zero-order valence-electron chi connectivity index (χ0n) is 18.9. The van der Waals surface area contributed by atoms with Crippen LogP contribution >= 0.6 is 0 Å². The predicted molar refractivity (Wildman–Crippen MR) is 117 cm³/mol. The Balaban J connectivity index is 1.88. The number of hydrogen-bond acceptors (Lipinski definition) is 6. The van der Waals surface area contributed by atoms with Crippen molar-refractivity contribution in [2.75, 3.05) is 7.11 Å². The first-order valence-electron chi connectivity index (χ1n) is 10.5. The van der Waals surface area contributed by atoms with E-state index in [-0.39, 0.29) is 22.7 Å².